The molecule has 0 fully saturated rings. The van der Waals surface area contributed by atoms with Gasteiger partial charge in [-0.3, -0.25) is 20.0 Å². The number of rotatable bonds is 7. The third kappa shape index (κ3) is 6.05. The molecule has 1 atom stereocenters. The summed E-state index contributed by atoms with van der Waals surface area (Å²) in [6.07, 6.45) is -3.27. The third-order valence-electron chi connectivity index (χ3n) is 3.90. The molecule has 2 aromatic rings. The largest absolute Gasteiger partial charge is 0.432 e. The van der Waals surface area contributed by atoms with Crippen molar-refractivity contribution in [3.8, 4) is 0 Å². The van der Waals surface area contributed by atoms with Crippen LogP contribution in [0.1, 0.15) is 21.5 Å². The van der Waals surface area contributed by atoms with Gasteiger partial charge in [-0.1, -0.05) is 24.8 Å². The molecule has 10 heteroatoms. The van der Waals surface area contributed by atoms with Gasteiger partial charge in [0.25, 0.3) is 5.91 Å². The van der Waals surface area contributed by atoms with Crippen molar-refractivity contribution in [1.29, 1.82) is 0 Å². The standard InChI is InChI=1S/C19H19F4N3O2S/c1-12-5-4-6-16(9-12)26(29(3)28)11-15-8-7-14(10-17(15)20)18(27)25-24-13(2)19(21,22)23/h4-10,24H,2,11H2,1,3H3,(H,25,27). The van der Waals surface area contributed by atoms with Gasteiger partial charge in [0, 0.05) is 23.1 Å². The van der Waals surface area contributed by atoms with Crippen LogP contribution >= 0.6 is 0 Å². The number of hydrazine groups is 1. The first-order chi connectivity index (χ1) is 13.5. The van der Waals surface area contributed by atoms with E-state index in [0.717, 1.165) is 11.6 Å². The predicted octanol–water partition coefficient (Wildman–Crippen LogP) is 3.74. The lowest BCUT2D eigenvalue weighted by Crippen LogP contribution is -2.40. The van der Waals surface area contributed by atoms with Crippen LogP contribution in [0.4, 0.5) is 23.2 Å². The van der Waals surface area contributed by atoms with Crippen LogP contribution in [0, 0.1) is 12.7 Å². The number of aryl methyl sites for hydroxylation is 1. The van der Waals surface area contributed by atoms with Gasteiger partial charge >= 0.3 is 6.18 Å². The molecule has 2 N–H and O–H groups in total. The van der Waals surface area contributed by atoms with E-state index in [-0.39, 0.29) is 17.7 Å². The lowest BCUT2D eigenvalue weighted by atomic mass is 10.1. The van der Waals surface area contributed by atoms with Gasteiger partial charge in [-0.15, -0.1) is 0 Å². The van der Waals surface area contributed by atoms with E-state index in [1.807, 2.05) is 18.4 Å². The van der Waals surface area contributed by atoms with Crippen LogP contribution < -0.4 is 15.2 Å². The highest BCUT2D eigenvalue weighted by Gasteiger charge is 2.32. The lowest BCUT2D eigenvalue weighted by Gasteiger charge is -2.22. The molecule has 5 nitrogen and oxygen atoms in total. The van der Waals surface area contributed by atoms with Crippen molar-refractivity contribution < 1.29 is 26.6 Å². The molecule has 0 aromatic heterocycles. The van der Waals surface area contributed by atoms with Gasteiger partial charge in [0.1, 0.15) is 22.5 Å². The van der Waals surface area contributed by atoms with E-state index < -0.39 is 34.6 Å². The Morgan fingerprint density at radius 2 is 1.86 bits per heavy atom. The van der Waals surface area contributed by atoms with Crippen LogP contribution in [0.25, 0.3) is 0 Å². The monoisotopic (exact) mass is 429 g/mol. The Balaban J connectivity index is 2.15. The smallest absolute Gasteiger partial charge is 0.294 e. The molecule has 2 rings (SSSR count). The number of carbonyl (C=O) groups excluding carboxylic acids is 1. The number of halogens is 4. The van der Waals surface area contributed by atoms with Crippen LogP contribution in [0.3, 0.4) is 0 Å². The lowest BCUT2D eigenvalue weighted by molar-refractivity contribution is -0.0972. The number of nitrogens with one attached hydrogen (secondary N) is 2. The maximum Gasteiger partial charge on any atom is 0.432 e. The molecule has 0 spiro atoms. The number of alkyl halides is 3. The first-order valence-corrected chi connectivity index (χ1v) is 9.79. The number of amides is 1. The van der Waals surface area contributed by atoms with E-state index in [1.165, 1.54) is 22.7 Å². The molecule has 0 saturated heterocycles. The van der Waals surface area contributed by atoms with Crippen LogP contribution in [0.5, 0.6) is 0 Å². The fourth-order valence-electron chi connectivity index (χ4n) is 2.36. The number of benzene rings is 2. The summed E-state index contributed by atoms with van der Waals surface area (Å²) < 4.78 is 65.2. The fraction of sp³-hybridized carbons (Fsp3) is 0.211. The van der Waals surface area contributed by atoms with Gasteiger partial charge in [-0.2, -0.15) is 13.2 Å². The second kappa shape index (κ2) is 9.08. The minimum absolute atomic E-state index is 0.0244. The second-order valence-electron chi connectivity index (χ2n) is 6.16. The zero-order valence-corrected chi connectivity index (χ0v) is 16.5. The maximum absolute atomic E-state index is 14.5. The second-order valence-corrected chi connectivity index (χ2v) is 7.45. The van der Waals surface area contributed by atoms with E-state index in [2.05, 4.69) is 6.58 Å². The number of hydrogen-bond acceptors (Lipinski definition) is 3. The number of carbonyl (C=O) groups is 1. The van der Waals surface area contributed by atoms with Crippen molar-refractivity contribution in [2.24, 2.45) is 0 Å². The molecular formula is C19H19F4N3O2S. The van der Waals surface area contributed by atoms with Crippen molar-refractivity contribution >= 4 is 22.6 Å². The van der Waals surface area contributed by atoms with E-state index in [0.29, 0.717) is 5.69 Å². The van der Waals surface area contributed by atoms with Crippen molar-refractivity contribution in [2.45, 2.75) is 19.6 Å². The molecule has 29 heavy (non-hydrogen) atoms. The molecule has 0 aliphatic carbocycles. The number of allylic oxidation sites excluding steroid dienone is 1. The van der Waals surface area contributed by atoms with E-state index >= 15 is 0 Å². The summed E-state index contributed by atoms with van der Waals surface area (Å²) in [7, 11) is -1.44. The SMILES string of the molecule is C=C(NNC(=O)c1ccc(CN(c2cccc(C)c2)S(C)=O)c(F)c1)C(F)(F)F. The minimum atomic E-state index is -4.72. The van der Waals surface area contributed by atoms with E-state index in [4.69, 9.17) is 0 Å². The van der Waals surface area contributed by atoms with Gasteiger partial charge in [0.2, 0.25) is 0 Å². The Morgan fingerprint density at radius 1 is 1.17 bits per heavy atom. The Hall–Kier alpha value is -2.88. The van der Waals surface area contributed by atoms with Crippen LogP contribution in [0.2, 0.25) is 0 Å². The summed E-state index contributed by atoms with van der Waals surface area (Å²) in [5, 5.41) is 0. The molecular weight excluding hydrogens is 410 g/mol. The highest BCUT2D eigenvalue weighted by atomic mass is 32.2. The summed E-state index contributed by atoms with van der Waals surface area (Å²) >= 11 is 0. The molecule has 156 valence electrons. The normalized spacial score (nSPS) is 12.2. The fourth-order valence-corrected chi connectivity index (χ4v) is 3.09. The van der Waals surface area contributed by atoms with Crippen molar-refractivity contribution in [1.82, 2.24) is 10.9 Å². The van der Waals surface area contributed by atoms with Gasteiger partial charge in [-0.05, 0) is 36.8 Å². The first kappa shape index (κ1) is 22.4. The maximum atomic E-state index is 14.5. The number of nitrogens with zero attached hydrogens (tertiary/aromatic N) is 1. The average Bonchev–Trinajstić information content (AvgIpc) is 2.63. The quantitative estimate of drug-likeness (QED) is 0.521. The molecule has 0 radical (unpaired) electrons. The van der Waals surface area contributed by atoms with Crippen LogP contribution in [-0.2, 0) is 17.5 Å². The Morgan fingerprint density at radius 3 is 2.41 bits per heavy atom. The van der Waals surface area contributed by atoms with Crippen LogP contribution in [0.15, 0.2) is 54.7 Å². The molecule has 0 bridgehead atoms. The van der Waals surface area contributed by atoms with Crippen molar-refractivity contribution in [3.05, 3.63) is 77.2 Å². The summed E-state index contributed by atoms with van der Waals surface area (Å²) in [6.45, 7) is 4.59. The van der Waals surface area contributed by atoms with E-state index in [9.17, 15) is 26.6 Å². The molecule has 0 heterocycles. The van der Waals surface area contributed by atoms with Gasteiger partial charge in [0.15, 0.2) is 0 Å². The molecule has 0 saturated carbocycles. The molecule has 2 aromatic carbocycles. The van der Waals surface area contributed by atoms with Crippen molar-refractivity contribution in [3.63, 3.8) is 0 Å². The van der Waals surface area contributed by atoms with Gasteiger partial charge < -0.3 is 0 Å². The highest BCUT2D eigenvalue weighted by molar-refractivity contribution is 7.85. The highest BCUT2D eigenvalue weighted by Crippen LogP contribution is 2.23. The Kier molecular flexibility index (Phi) is 7.02. The number of hydrogen-bond donors (Lipinski definition) is 2. The van der Waals surface area contributed by atoms with Gasteiger partial charge in [-0.25, -0.2) is 8.60 Å². The summed E-state index contributed by atoms with van der Waals surface area (Å²) in [5.74, 6) is -1.72. The minimum Gasteiger partial charge on any atom is -0.294 e. The topological polar surface area (TPSA) is 61.4 Å². The average molecular weight is 429 g/mol. The molecule has 1 amide bonds. The van der Waals surface area contributed by atoms with Gasteiger partial charge in [0.05, 0.1) is 6.54 Å². The molecule has 1 unspecified atom stereocenters. The zero-order chi connectivity index (χ0) is 21.8. The molecule has 0 aliphatic rings. The zero-order valence-electron chi connectivity index (χ0n) is 15.6. The summed E-state index contributed by atoms with van der Waals surface area (Å²) in [6, 6.07) is 10.7. The van der Waals surface area contributed by atoms with E-state index in [1.54, 1.807) is 23.6 Å². The van der Waals surface area contributed by atoms with Crippen LogP contribution in [-0.4, -0.2) is 22.5 Å². The predicted molar refractivity (Wildman–Crippen MR) is 104 cm³/mol. The summed E-state index contributed by atoms with van der Waals surface area (Å²) in [4.78, 5) is 11.9. The molecule has 0 aliphatic heterocycles. The Labute approximate surface area is 168 Å². The van der Waals surface area contributed by atoms with Crippen molar-refractivity contribution in [2.75, 3.05) is 10.6 Å². The third-order valence-corrected chi connectivity index (χ3v) is 4.86. The Bertz CT molecular complexity index is 947. The number of anilines is 1. The summed E-state index contributed by atoms with van der Waals surface area (Å²) in [5.41, 5.74) is 3.66. The first-order valence-electron chi connectivity index (χ1n) is 8.27.